The van der Waals surface area contributed by atoms with Crippen LogP contribution in [0.2, 0.25) is 0 Å². The van der Waals surface area contributed by atoms with Gasteiger partial charge in [0.05, 0.1) is 31.1 Å². The van der Waals surface area contributed by atoms with E-state index in [1.807, 2.05) is 30.3 Å². The Morgan fingerprint density at radius 1 is 1.26 bits per heavy atom. The van der Waals surface area contributed by atoms with E-state index in [4.69, 9.17) is 9.84 Å². The number of carboxylic acids is 1. The maximum Gasteiger partial charge on any atom is 0.336 e. The second kappa shape index (κ2) is 7.09. The maximum atomic E-state index is 12.6. The van der Waals surface area contributed by atoms with Crippen molar-refractivity contribution in [1.29, 1.82) is 0 Å². The van der Waals surface area contributed by atoms with Gasteiger partial charge >= 0.3 is 11.9 Å². The summed E-state index contributed by atoms with van der Waals surface area (Å²) in [5.74, 6) is -3.12. The lowest BCUT2D eigenvalue weighted by Crippen LogP contribution is -2.29. The SMILES string of the molecule is CCOC(=O)C1=C(C)N(Cc2ccccc2)C(=O)[C@@H]1CC(=O)O. The molecule has 0 unspecified atom stereocenters. The van der Waals surface area contributed by atoms with E-state index in [0.29, 0.717) is 12.2 Å². The van der Waals surface area contributed by atoms with Gasteiger partial charge in [-0.25, -0.2) is 4.79 Å². The zero-order valence-corrected chi connectivity index (χ0v) is 13.1. The number of carbonyl (C=O) groups excluding carboxylic acids is 2. The molecule has 0 fully saturated rings. The van der Waals surface area contributed by atoms with Crippen LogP contribution in [0.15, 0.2) is 41.6 Å². The molecule has 122 valence electrons. The average molecular weight is 317 g/mol. The summed E-state index contributed by atoms with van der Waals surface area (Å²) < 4.78 is 4.99. The molecule has 1 heterocycles. The molecule has 0 radical (unpaired) electrons. The number of ether oxygens (including phenoxy) is 1. The summed E-state index contributed by atoms with van der Waals surface area (Å²) in [6, 6.07) is 9.32. The first kappa shape index (κ1) is 16.7. The number of hydrogen-bond donors (Lipinski definition) is 1. The van der Waals surface area contributed by atoms with Crippen LogP contribution in [-0.4, -0.2) is 34.5 Å². The van der Waals surface area contributed by atoms with Crippen molar-refractivity contribution < 1.29 is 24.2 Å². The second-order valence-electron chi connectivity index (χ2n) is 5.28. The maximum absolute atomic E-state index is 12.6. The highest BCUT2D eigenvalue weighted by Crippen LogP contribution is 2.34. The molecule has 0 bridgehead atoms. The van der Waals surface area contributed by atoms with Gasteiger partial charge < -0.3 is 14.7 Å². The van der Waals surface area contributed by atoms with Gasteiger partial charge in [0.1, 0.15) is 0 Å². The van der Waals surface area contributed by atoms with Crippen LogP contribution in [0.25, 0.3) is 0 Å². The third-order valence-corrected chi connectivity index (χ3v) is 3.76. The molecule has 0 saturated carbocycles. The van der Waals surface area contributed by atoms with Gasteiger partial charge in [-0.05, 0) is 19.4 Å². The van der Waals surface area contributed by atoms with E-state index in [2.05, 4.69) is 0 Å². The van der Waals surface area contributed by atoms with Crippen molar-refractivity contribution in [3.05, 3.63) is 47.2 Å². The molecule has 1 aliphatic rings. The lowest BCUT2D eigenvalue weighted by Gasteiger charge is -2.19. The molecule has 1 amide bonds. The number of amides is 1. The Balaban J connectivity index is 2.34. The Bertz CT molecular complexity index is 650. The normalized spacial score (nSPS) is 17.6. The second-order valence-corrected chi connectivity index (χ2v) is 5.28. The van der Waals surface area contributed by atoms with E-state index >= 15 is 0 Å². The summed E-state index contributed by atoms with van der Waals surface area (Å²) in [7, 11) is 0. The molecule has 1 aliphatic heterocycles. The fourth-order valence-electron chi connectivity index (χ4n) is 2.70. The molecule has 0 aromatic heterocycles. The van der Waals surface area contributed by atoms with Crippen LogP contribution < -0.4 is 0 Å². The predicted molar refractivity (Wildman–Crippen MR) is 82.1 cm³/mol. The Labute approximate surface area is 134 Å². The minimum Gasteiger partial charge on any atom is -0.481 e. The Hall–Kier alpha value is -2.63. The van der Waals surface area contributed by atoms with E-state index in [1.165, 1.54) is 4.90 Å². The third-order valence-electron chi connectivity index (χ3n) is 3.76. The van der Waals surface area contributed by atoms with Gasteiger partial charge in [0, 0.05) is 5.70 Å². The van der Waals surface area contributed by atoms with Crippen LogP contribution in [0, 0.1) is 5.92 Å². The number of hydrogen-bond acceptors (Lipinski definition) is 4. The summed E-state index contributed by atoms with van der Waals surface area (Å²) in [5, 5.41) is 9.04. The average Bonchev–Trinajstić information content (AvgIpc) is 2.73. The summed E-state index contributed by atoms with van der Waals surface area (Å²) in [6.45, 7) is 3.78. The van der Waals surface area contributed by atoms with Crippen LogP contribution >= 0.6 is 0 Å². The molecular weight excluding hydrogens is 298 g/mol. The van der Waals surface area contributed by atoms with Crippen LogP contribution in [-0.2, 0) is 25.7 Å². The summed E-state index contributed by atoms with van der Waals surface area (Å²) in [4.78, 5) is 37.2. The summed E-state index contributed by atoms with van der Waals surface area (Å²) in [6.07, 6.45) is -0.421. The van der Waals surface area contributed by atoms with Crippen molar-refractivity contribution in [3.8, 4) is 0 Å². The number of nitrogens with zero attached hydrogens (tertiary/aromatic N) is 1. The van der Waals surface area contributed by atoms with Crippen molar-refractivity contribution in [2.75, 3.05) is 6.61 Å². The number of carboxylic acid groups (broad SMARTS) is 1. The van der Waals surface area contributed by atoms with Crippen molar-refractivity contribution in [3.63, 3.8) is 0 Å². The Morgan fingerprint density at radius 2 is 1.91 bits per heavy atom. The summed E-state index contributed by atoms with van der Waals surface area (Å²) >= 11 is 0. The molecule has 6 nitrogen and oxygen atoms in total. The molecule has 0 spiro atoms. The van der Waals surface area contributed by atoms with Gasteiger partial charge in [0.2, 0.25) is 5.91 Å². The molecule has 1 N–H and O–H groups in total. The van der Waals surface area contributed by atoms with Gasteiger partial charge in [-0.1, -0.05) is 30.3 Å². The smallest absolute Gasteiger partial charge is 0.336 e. The van der Waals surface area contributed by atoms with Gasteiger partial charge in [-0.3, -0.25) is 9.59 Å². The minimum absolute atomic E-state index is 0.148. The molecule has 1 aromatic rings. The largest absolute Gasteiger partial charge is 0.481 e. The first-order valence-corrected chi connectivity index (χ1v) is 7.40. The highest BCUT2D eigenvalue weighted by molar-refractivity contribution is 6.03. The molecule has 6 heteroatoms. The van der Waals surface area contributed by atoms with Gasteiger partial charge in [-0.15, -0.1) is 0 Å². The zero-order valence-electron chi connectivity index (χ0n) is 13.1. The third kappa shape index (κ3) is 3.59. The number of benzene rings is 1. The number of allylic oxidation sites excluding steroid dienone is 1. The molecular formula is C17H19NO5. The first-order valence-electron chi connectivity index (χ1n) is 7.40. The highest BCUT2D eigenvalue weighted by Gasteiger charge is 2.42. The standard InChI is InChI=1S/C17H19NO5/c1-3-23-17(22)15-11(2)18(10-12-7-5-4-6-8-12)16(21)13(15)9-14(19)20/h4-8,13H,3,9-10H2,1-2H3,(H,19,20)/t13-/m1/s1. The number of rotatable bonds is 6. The monoisotopic (exact) mass is 317 g/mol. The number of carbonyl (C=O) groups is 3. The van der Waals surface area contributed by atoms with Crippen LogP contribution in [0.4, 0.5) is 0 Å². The quantitative estimate of drug-likeness (QED) is 0.811. The van der Waals surface area contributed by atoms with E-state index in [1.54, 1.807) is 13.8 Å². The number of aliphatic carboxylic acids is 1. The fraction of sp³-hybridized carbons (Fsp3) is 0.353. The lowest BCUT2D eigenvalue weighted by atomic mass is 9.97. The van der Waals surface area contributed by atoms with Gasteiger partial charge in [0.15, 0.2) is 0 Å². The van der Waals surface area contributed by atoms with Crippen molar-refractivity contribution in [1.82, 2.24) is 4.90 Å². The van der Waals surface area contributed by atoms with Crippen LogP contribution in [0.1, 0.15) is 25.8 Å². The van der Waals surface area contributed by atoms with Crippen LogP contribution in [0.3, 0.4) is 0 Å². The predicted octanol–water partition coefficient (Wildman–Crippen LogP) is 1.96. The van der Waals surface area contributed by atoms with Crippen molar-refractivity contribution >= 4 is 17.8 Å². The Kier molecular flexibility index (Phi) is 5.16. The lowest BCUT2D eigenvalue weighted by molar-refractivity contribution is -0.144. The molecule has 0 aliphatic carbocycles. The fourth-order valence-corrected chi connectivity index (χ4v) is 2.70. The molecule has 0 saturated heterocycles. The highest BCUT2D eigenvalue weighted by atomic mass is 16.5. The zero-order chi connectivity index (χ0) is 17.0. The number of esters is 1. The van der Waals surface area contributed by atoms with E-state index in [9.17, 15) is 14.4 Å². The molecule has 1 atom stereocenters. The topological polar surface area (TPSA) is 83.9 Å². The summed E-state index contributed by atoms with van der Waals surface area (Å²) in [5.41, 5.74) is 1.51. The van der Waals surface area contributed by atoms with E-state index in [0.717, 1.165) is 5.56 Å². The van der Waals surface area contributed by atoms with E-state index < -0.39 is 24.3 Å². The van der Waals surface area contributed by atoms with Crippen molar-refractivity contribution in [2.45, 2.75) is 26.8 Å². The molecule has 1 aromatic carbocycles. The molecule has 23 heavy (non-hydrogen) atoms. The van der Waals surface area contributed by atoms with Gasteiger partial charge in [0.25, 0.3) is 0 Å². The minimum atomic E-state index is -1.13. The van der Waals surface area contributed by atoms with E-state index in [-0.39, 0.29) is 18.1 Å². The van der Waals surface area contributed by atoms with Gasteiger partial charge in [-0.2, -0.15) is 0 Å². The molecule has 2 rings (SSSR count). The first-order chi connectivity index (χ1) is 11.0. The van der Waals surface area contributed by atoms with Crippen molar-refractivity contribution in [2.24, 2.45) is 5.92 Å². The van der Waals surface area contributed by atoms with Crippen LogP contribution in [0.5, 0.6) is 0 Å². The Morgan fingerprint density at radius 3 is 2.48 bits per heavy atom.